The SMILES string of the molecule is CCOC(=O)CCNc1ccc(S(=O)(=O)C(F)F)cc1. The highest BCUT2D eigenvalue weighted by molar-refractivity contribution is 7.91. The largest absolute Gasteiger partial charge is 0.466 e. The van der Waals surface area contributed by atoms with Gasteiger partial charge in [-0.1, -0.05) is 0 Å². The van der Waals surface area contributed by atoms with E-state index in [4.69, 9.17) is 4.74 Å². The molecule has 0 amide bonds. The van der Waals surface area contributed by atoms with Crippen LogP contribution in [0.25, 0.3) is 0 Å². The van der Waals surface area contributed by atoms with Crippen molar-refractivity contribution >= 4 is 21.5 Å². The van der Waals surface area contributed by atoms with Crippen molar-refractivity contribution < 1.29 is 26.7 Å². The minimum Gasteiger partial charge on any atom is -0.466 e. The smallest absolute Gasteiger partial charge is 0.341 e. The fraction of sp³-hybridized carbons (Fsp3) is 0.417. The van der Waals surface area contributed by atoms with E-state index in [9.17, 15) is 22.0 Å². The molecule has 0 aliphatic carbocycles. The van der Waals surface area contributed by atoms with E-state index in [1.54, 1.807) is 6.92 Å². The monoisotopic (exact) mass is 307 g/mol. The van der Waals surface area contributed by atoms with Crippen LogP contribution in [0.15, 0.2) is 29.2 Å². The summed E-state index contributed by atoms with van der Waals surface area (Å²) in [5.41, 5.74) is 0.530. The van der Waals surface area contributed by atoms with Gasteiger partial charge in [-0.3, -0.25) is 4.79 Å². The zero-order valence-electron chi connectivity index (χ0n) is 10.8. The molecule has 0 spiro atoms. The lowest BCUT2D eigenvalue weighted by atomic mass is 10.3. The number of hydrogen-bond donors (Lipinski definition) is 1. The molecule has 0 fully saturated rings. The topological polar surface area (TPSA) is 72.5 Å². The number of anilines is 1. The summed E-state index contributed by atoms with van der Waals surface area (Å²) in [6.07, 6.45) is 0.158. The number of hydrogen-bond acceptors (Lipinski definition) is 5. The minimum absolute atomic E-state index is 0.158. The molecule has 0 aliphatic rings. The van der Waals surface area contributed by atoms with Crippen LogP contribution in [0.1, 0.15) is 13.3 Å². The van der Waals surface area contributed by atoms with Crippen molar-refractivity contribution in [1.29, 1.82) is 0 Å². The Kier molecular flexibility index (Phi) is 5.87. The van der Waals surface area contributed by atoms with Crippen LogP contribution < -0.4 is 5.32 Å². The van der Waals surface area contributed by atoms with Gasteiger partial charge in [-0.15, -0.1) is 0 Å². The minimum atomic E-state index is -4.57. The fourth-order valence-electron chi connectivity index (χ4n) is 1.41. The van der Waals surface area contributed by atoms with E-state index in [1.807, 2.05) is 0 Å². The number of alkyl halides is 2. The Balaban J connectivity index is 2.58. The number of nitrogens with one attached hydrogen (secondary N) is 1. The highest BCUT2D eigenvalue weighted by Crippen LogP contribution is 2.20. The van der Waals surface area contributed by atoms with Crippen molar-refractivity contribution in [3.8, 4) is 0 Å². The van der Waals surface area contributed by atoms with Gasteiger partial charge in [-0.2, -0.15) is 8.78 Å². The molecule has 0 bridgehead atoms. The van der Waals surface area contributed by atoms with Gasteiger partial charge in [0, 0.05) is 12.2 Å². The van der Waals surface area contributed by atoms with Gasteiger partial charge in [-0.25, -0.2) is 8.42 Å². The van der Waals surface area contributed by atoms with Gasteiger partial charge in [0.25, 0.3) is 0 Å². The first-order valence-corrected chi connectivity index (χ1v) is 7.44. The highest BCUT2D eigenvalue weighted by Gasteiger charge is 2.26. The molecule has 112 valence electrons. The normalized spacial score (nSPS) is 11.4. The number of benzene rings is 1. The number of sulfone groups is 1. The second-order valence-corrected chi connectivity index (χ2v) is 5.73. The number of carbonyl (C=O) groups excluding carboxylic acids is 1. The second kappa shape index (κ2) is 7.18. The molecule has 0 radical (unpaired) electrons. The van der Waals surface area contributed by atoms with Crippen LogP contribution in [0.2, 0.25) is 0 Å². The molecule has 5 nitrogen and oxygen atoms in total. The van der Waals surface area contributed by atoms with Gasteiger partial charge >= 0.3 is 11.7 Å². The number of carbonyl (C=O) groups is 1. The Labute approximate surface area is 115 Å². The van der Waals surface area contributed by atoms with Crippen LogP contribution >= 0.6 is 0 Å². The molecule has 0 saturated heterocycles. The van der Waals surface area contributed by atoms with Crippen LogP contribution in [-0.2, 0) is 19.4 Å². The van der Waals surface area contributed by atoms with Crippen molar-refractivity contribution in [2.75, 3.05) is 18.5 Å². The number of esters is 1. The maximum Gasteiger partial charge on any atom is 0.341 e. The van der Waals surface area contributed by atoms with Crippen LogP contribution in [0.4, 0.5) is 14.5 Å². The average Bonchev–Trinajstić information content (AvgIpc) is 2.39. The summed E-state index contributed by atoms with van der Waals surface area (Å²) in [6, 6.07) is 4.91. The molecule has 0 heterocycles. The first kappa shape index (κ1) is 16.4. The van der Waals surface area contributed by atoms with Gasteiger partial charge < -0.3 is 10.1 Å². The Bertz CT molecular complexity index is 543. The molecule has 1 aromatic carbocycles. The van der Waals surface area contributed by atoms with Crippen LogP contribution in [0.5, 0.6) is 0 Å². The van der Waals surface area contributed by atoms with Crippen LogP contribution in [-0.4, -0.2) is 33.3 Å². The summed E-state index contributed by atoms with van der Waals surface area (Å²) in [7, 11) is -4.57. The Morgan fingerprint density at radius 3 is 2.40 bits per heavy atom. The highest BCUT2D eigenvalue weighted by atomic mass is 32.2. The van der Waals surface area contributed by atoms with Gasteiger partial charge in [-0.05, 0) is 31.2 Å². The van der Waals surface area contributed by atoms with Crippen molar-refractivity contribution in [3.63, 3.8) is 0 Å². The van der Waals surface area contributed by atoms with E-state index in [0.717, 1.165) is 12.1 Å². The van der Waals surface area contributed by atoms with E-state index in [1.165, 1.54) is 12.1 Å². The first-order chi connectivity index (χ1) is 9.37. The summed E-state index contributed by atoms with van der Waals surface area (Å²) in [5, 5.41) is 2.86. The summed E-state index contributed by atoms with van der Waals surface area (Å²) < 4.78 is 51.7. The van der Waals surface area contributed by atoms with Crippen LogP contribution in [0, 0.1) is 0 Å². The maximum atomic E-state index is 12.3. The molecule has 20 heavy (non-hydrogen) atoms. The lowest BCUT2D eigenvalue weighted by Crippen LogP contribution is -2.12. The van der Waals surface area contributed by atoms with Crippen LogP contribution in [0.3, 0.4) is 0 Å². The molecule has 0 unspecified atom stereocenters. The van der Waals surface area contributed by atoms with Crippen molar-refractivity contribution in [2.45, 2.75) is 24.0 Å². The summed E-state index contributed by atoms with van der Waals surface area (Å²) >= 11 is 0. The molecule has 1 N–H and O–H groups in total. The second-order valence-electron chi connectivity index (χ2n) is 3.81. The van der Waals surface area contributed by atoms with Crippen molar-refractivity contribution in [3.05, 3.63) is 24.3 Å². The molecular formula is C12H15F2NO4S. The van der Waals surface area contributed by atoms with E-state index < -0.39 is 20.5 Å². The number of halogens is 2. The summed E-state index contributed by atoms with van der Waals surface area (Å²) in [4.78, 5) is 10.6. The quantitative estimate of drug-likeness (QED) is 0.781. The Hall–Kier alpha value is -1.70. The summed E-state index contributed by atoms with van der Waals surface area (Å²) in [5.74, 6) is -3.79. The molecule has 0 atom stereocenters. The zero-order chi connectivity index (χ0) is 15.2. The Morgan fingerprint density at radius 2 is 1.90 bits per heavy atom. The van der Waals surface area contributed by atoms with E-state index >= 15 is 0 Å². The predicted octanol–water partition coefficient (Wildman–Crippen LogP) is 2.05. The predicted molar refractivity (Wildman–Crippen MR) is 69.4 cm³/mol. The zero-order valence-corrected chi connectivity index (χ0v) is 11.6. The van der Waals surface area contributed by atoms with E-state index in [0.29, 0.717) is 18.8 Å². The third kappa shape index (κ3) is 4.44. The molecule has 0 saturated carbocycles. The first-order valence-electron chi connectivity index (χ1n) is 5.89. The van der Waals surface area contributed by atoms with Gasteiger partial charge in [0.2, 0.25) is 9.84 Å². The van der Waals surface area contributed by atoms with Gasteiger partial charge in [0.05, 0.1) is 17.9 Å². The molecule has 1 aromatic rings. The molecule has 0 aromatic heterocycles. The van der Waals surface area contributed by atoms with E-state index in [-0.39, 0.29) is 12.4 Å². The Morgan fingerprint density at radius 1 is 1.30 bits per heavy atom. The van der Waals surface area contributed by atoms with Crippen molar-refractivity contribution in [2.24, 2.45) is 0 Å². The molecule has 1 rings (SSSR count). The average molecular weight is 307 g/mol. The number of rotatable bonds is 7. The standard InChI is InChI=1S/C12H15F2NO4S/c1-2-19-11(16)7-8-15-9-3-5-10(6-4-9)20(17,18)12(13)14/h3-6,12,15H,2,7-8H2,1H3. The van der Waals surface area contributed by atoms with E-state index in [2.05, 4.69) is 5.32 Å². The third-order valence-electron chi connectivity index (χ3n) is 2.38. The summed E-state index contributed by atoms with van der Waals surface area (Å²) in [6.45, 7) is 2.31. The maximum absolute atomic E-state index is 12.3. The molecule has 0 aliphatic heterocycles. The van der Waals surface area contributed by atoms with Gasteiger partial charge in [0.15, 0.2) is 0 Å². The lowest BCUT2D eigenvalue weighted by Gasteiger charge is -2.07. The number of ether oxygens (including phenoxy) is 1. The third-order valence-corrected chi connectivity index (χ3v) is 3.78. The fourth-order valence-corrected chi connectivity index (χ4v) is 2.13. The molecule has 8 heteroatoms. The van der Waals surface area contributed by atoms with Crippen molar-refractivity contribution in [1.82, 2.24) is 0 Å². The molecular weight excluding hydrogens is 292 g/mol. The lowest BCUT2D eigenvalue weighted by molar-refractivity contribution is -0.142. The van der Waals surface area contributed by atoms with Gasteiger partial charge in [0.1, 0.15) is 0 Å².